The summed E-state index contributed by atoms with van der Waals surface area (Å²) in [7, 11) is 1.32. The monoisotopic (exact) mass is 457 g/mol. The number of alkyl carbamates (subject to hydrolysis) is 1. The lowest BCUT2D eigenvalue weighted by atomic mass is 9.98. The van der Waals surface area contributed by atoms with Crippen molar-refractivity contribution in [3.63, 3.8) is 0 Å². The van der Waals surface area contributed by atoms with E-state index < -0.39 is 12.1 Å². The minimum absolute atomic E-state index is 0.0533. The van der Waals surface area contributed by atoms with E-state index in [1.807, 2.05) is 48.6 Å². The maximum Gasteiger partial charge on any atom is 0.407 e. The Morgan fingerprint density at radius 3 is 2.21 bits per heavy atom. The molecule has 0 bridgehead atoms. The second-order valence-corrected chi connectivity index (χ2v) is 7.88. The molecule has 1 N–H and O–H groups in total. The zero-order chi connectivity index (χ0) is 23.8. The van der Waals surface area contributed by atoms with Gasteiger partial charge in [0.1, 0.15) is 12.4 Å². The van der Waals surface area contributed by atoms with Gasteiger partial charge in [-0.05, 0) is 46.4 Å². The summed E-state index contributed by atoms with van der Waals surface area (Å²) in [5.41, 5.74) is 5.80. The number of benzene rings is 3. The van der Waals surface area contributed by atoms with E-state index in [9.17, 15) is 9.59 Å². The number of methoxy groups -OCH3 is 1. The minimum Gasteiger partial charge on any atom is -0.482 e. The summed E-state index contributed by atoms with van der Waals surface area (Å²) in [5, 5.41) is 2.81. The molecule has 1 amide bonds. The first-order valence-corrected chi connectivity index (χ1v) is 11.2. The van der Waals surface area contributed by atoms with Crippen molar-refractivity contribution in [1.82, 2.24) is 5.32 Å². The van der Waals surface area contributed by atoms with Gasteiger partial charge in [-0.2, -0.15) is 0 Å². The Hall–Kier alpha value is -4.06. The van der Waals surface area contributed by atoms with Crippen LogP contribution in [-0.4, -0.2) is 38.9 Å². The molecule has 4 rings (SSSR count). The molecule has 174 valence electrons. The first-order chi connectivity index (χ1) is 16.7. The van der Waals surface area contributed by atoms with E-state index in [2.05, 4.69) is 34.3 Å². The zero-order valence-electron chi connectivity index (χ0n) is 19.0. The first kappa shape index (κ1) is 23.1. The molecule has 1 aliphatic rings. The van der Waals surface area contributed by atoms with Crippen LogP contribution in [0.25, 0.3) is 17.2 Å². The van der Waals surface area contributed by atoms with E-state index in [4.69, 9.17) is 9.47 Å². The van der Waals surface area contributed by atoms with Crippen LogP contribution in [0.5, 0.6) is 5.75 Å². The van der Waals surface area contributed by atoms with Crippen molar-refractivity contribution < 1.29 is 23.8 Å². The quantitative estimate of drug-likeness (QED) is 0.354. The van der Waals surface area contributed by atoms with Crippen LogP contribution in [0.3, 0.4) is 0 Å². The molecule has 0 radical (unpaired) electrons. The number of fused-ring (bicyclic) bond motifs is 3. The van der Waals surface area contributed by atoms with Gasteiger partial charge in [-0.1, -0.05) is 72.8 Å². The lowest BCUT2D eigenvalue weighted by Gasteiger charge is -2.14. The van der Waals surface area contributed by atoms with Crippen LogP contribution >= 0.6 is 0 Å². The van der Waals surface area contributed by atoms with Crippen molar-refractivity contribution in [3.8, 4) is 16.9 Å². The van der Waals surface area contributed by atoms with Crippen molar-refractivity contribution in [2.75, 3.05) is 26.9 Å². The van der Waals surface area contributed by atoms with Gasteiger partial charge in [0, 0.05) is 12.5 Å². The van der Waals surface area contributed by atoms with Gasteiger partial charge in [0.15, 0.2) is 6.61 Å². The number of carbonyl (C=O) groups is 2. The van der Waals surface area contributed by atoms with Gasteiger partial charge in [0.25, 0.3) is 0 Å². The average Bonchev–Trinajstić information content (AvgIpc) is 3.20. The Labute approximate surface area is 199 Å². The second kappa shape index (κ2) is 11.2. The molecule has 3 aromatic rings. The predicted octanol–water partition coefficient (Wildman–Crippen LogP) is 5.18. The van der Waals surface area contributed by atoms with E-state index >= 15 is 0 Å². The second-order valence-electron chi connectivity index (χ2n) is 7.88. The van der Waals surface area contributed by atoms with Gasteiger partial charge in [0.05, 0.1) is 7.11 Å². The number of hydrogen-bond donors (Lipinski definition) is 1. The van der Waals surface area contributed by atoms with Gasteiger partial charge in [-0.25, -0.2) is 9.59 Å². The summed E-state index contributed by atoms with van der Waals surface area (Å²) in [6.45, 7) is 0.667. The smallest absolute Gasteiger partial charge is 0.407 e. The highest BCUT2D eigenvalue weighted by Crippen LogP contribution is 2.44. The summed E-state index contributed by atoms with van der Waals surface area (Å²) in [5.74, 6) is 0.227. The van der Waals surface area contributed by atoms with E-state index in [0.717, 1.165) is 5.56 Å². The zero-order valence-corrected chi connectivity index (χ0v) is 19.0. The molecule has 0 unspecified atom stereocenters. The fourth-order valence-electron chi connectivity index (χ4n) is 4.00. The van der Waals surface area contributed by atoms with Gasteiger partial charge >= 0.3 is 12.1 Å². The molecule has 0 atom stereocenters. The van der Waals surface area contributed by atoms with Crippen molar-refractivity contribution in [1.29, 1.82) is 0 Å². The number of amides is 1. The molecule has 34 heavy (non-hydrogen) atoms. The summed E-state index contributed by atoms with van der Waals surface area (Å²) < 4.78 is 15.4. The molecule has 0 aliphatic heterocycles. The maximum atomic E-state index is 12.2. The highest BCUT2D eigenvalue weighted by Gasteiger charge is 2.28. The summed E-state index contributed by atoms with van der Waals surface area (Å²) in [6.07, 6.45) is 4.20. The number of hydrogen-bond acceptors (Lipinski definition) is 5. The molecule has 0 saturated carbocycles. The maximum absolute atomic E-state index is 12.2. The Kier molecular flexibility index (Phi) is 7.60. The number of carbonyl (C=O) groups excluding carboxylic acids is 2. The third kappa shape index (κ3) is 5.64. The predicted molar refractivity (Wildman–Crippen MR) is 131 cm³/mol. The third-order valence-electron chi connectivity index (χ3n) is 5.70. The molecule has 6 heteroatoms. The molecule has 3 aromatic carbocycles. The number of ether oxygens (including phenoxy) is 3. The molecule has 0 aromatic heterocycles. The van der Waals surface area contributed by atoms with Crippen LogP contribution < -0.4 is 10.1 Å². The van der Waals surface area contributed by atoms with E-state index in [1.165, 1.54) is 29.4 Å². The summed E-state index contributed by atoms with van der Waals surface area (Å²) in [4.78, 5) is 23.3. The van der Waals surface area contributed by atoms with Crippen LogP contribution in [0.15, 0.2) is 78.9 Å². The molecule has 0 spiro atoms. The van der Waals surface area contributed by atoms with Crippen molar-refractivity contribution in [2.24, 2.45) is 0 Å². The fourth-order valence-corrected chi connectivity index (χ4v) is 4.00. The van der Waals surface area contributed by atoms with Gasteiger partial charge in [0.2, 0.25) is 0 Å². The highest BCUT2D eigenvalue weighted by molar-refractivity contribution is 5.79. The Balaban J connectivity index is 1.20. The van der Waals surface area contributed by atoms with Crippen LogP contribution in [0.4, 0.5) is 4.79 Å². The van der Waals surface area contributed by atoms with Crippen molar-refractivity contribution in [2.45, 2.75) is 12.3 Å². The molecular formula is C28H27NO5. The SMILES string of the molecule is COC(=O)COc1ccc(C=CCCNC(=O)OCC2c3ccccc3-c3ccccc32)cc1. The molecule has 6 nitrogen and oxygen atoms in total. The topological polar surface area (TPSA) is 73.9 Å². The van der Waals surface area contributed by atoms with Crippen LogP contribution in [0.1, 0.15) is 29.0 Å². The van der Waals surface area contributed by atoms with E-state index in [-0.39, 0.29) is 12.5 Å². The first-order valence-electron chi connectivity index (χ1n) is 11.2. The average molecular weight is 458 g/mol. The van der Waals surface area contributed by atoms with Crippen molar-refractivity contribution in [3.05, 3.63) is 95.6 Å². The van der Waals surface area contributed by atoms with Gasteiger partial charge in [-0.3, -0.25) is 0 Å². The lowest BCUT2D eigenvalue weighted by molar-refractivity contribution is -0.142. The fraction of sp³-hybridized carbons (Fsp3) is 0.214. The lowest BCUT2D eigenvalue weighted by Crippen LogP contribution is -2.26. The van der Waals surface area contributed by atoms with Gasteiger partial charge in [-0.15, -0.1) is 0 Å². The largest absolute Gasteiger partial charge is 0.482 e. The van der Waals surface area contributed by atoms with Crippen molar-refractivity contribution >= 4 is 18.1 Å². The van der Waals surface area contributed by atoms with Gasteiger partial charge < -0.3 is 19.5 Å². The Morgan fingerprint density at radius 1 is 0.912 bits per heavy atom. The molecule has 0 fully saturated rings. The molecular weight excluding hydrogens is 430 g/mol. The Bertz CT molecular complexity index is 1120. The molecule has 0 saturated heterocycles. The highest BCUT2D eigenvalue weighted by atomic mass is 16.6. The number of nitrogens with one attached hydrogen (secondary N) is 1. The van der Waals surface area contributed by atoms with Crippen LogP contribution in [0, 0.1) is 0 Å². The summed E-state index contributed by atoms with van der Waals surface area (Å²) in [6, 6.07) is 23.9. The van der Waals surface area contributed by atoms with E-state index in [0.29, 0.717) is 25.3 Å². The number of esters is 1. The van der Waals surface area contributed by atoms with Crippen LogP contribution in [-0.2, 0) is 14.3 Å². The normalized spacial score (nSPS) is 12.1. The molecule has 1 aliphatic carbocycles. The minimum atomic E-state index is -0.423. The van der Waals surface area contributed by atoms with Crippen LogP contribution in [0.2, 0.25) is 0 Å². The molecule has 0 heterocycles. The number of rotatable bonds is 9. The Morgan fingerprint density at radius 2 is 1.56 bits per heavy atom. The third-order valence-corrected chi connectivity index (χ3v) is 5.70. The standard InChI is InChI=1S/C28H27NO5/c1-32-27(30)19-33-21-15-13-20(14-16-21)8-6-7-17-29-28(31)34-18-26-24-11-4-2-9-22(24)23-10-3-5-12-25(23)26/h2-6,8-16,26H,7,17-19H2,1H3,(H,29,31). The van der Waals surface area contributed by atoms with E-state index in [1.54, 1.807) is 12.1 Å². The summed E-state index contributed by atoms with van der Waals surface area (Å²) >= 11 is 0.